The number of carbonyl (C=O) groups is 4. The average molecular weight is 1100 g/mol. The number of hydrogen-bond acceptors (Lipinski definition) is 12. The third kappa shape index (κ3) is 11.1. The molecule has 6 rings (SSSR count). The summed E-state index contributed by atoms with van der Waals surface area (Å²) < 4.78 is 12.3. The molecule has 0 fully saturated rings. The minimum absolute atomic E-state index is 0.0123. The van der Waals surface area contributed by atoms with Gasteiger partial charge in [-0.2, -0.15) is 0 Å². The van der Waals surface area contributed by atoms with Gasteiger partial charge in [-0.25, -0.2) is 9.59 Å². The molecule has 2 N–H and O–H groups in total. The van der Waals surface area contributed by atoms with Crippen molar-refractivity contribution in [2.24, 2.45) is 0 Å². The Kier molecular flexibility index (Phi) is 16.2. The Morgan fingerprint density at radius 3 is 1.24 bits per heavy atom. The predicted molar refractivity (Wildman–Crippen MR) is 252 cm³/mol. The van der Waals surface area contributed by atoms with Crippen molar-refractivity contribution in [3.63, 3.8) is 0 Å². The lowest BCUT2D eigenvalue weighted by Crippen LogP contribution is -2.10. The molecule has 4 aromatic carbocycles. The van der Waals surface area contributed by atoms with E-state index in [0.29, 0.717) is 9.81 Å². The van der Waals surface area contributed by atoms with E-state index in [0.717, 1.165) is 51.5 Å². The van der Waals surface area contributed by atoms with Gasteiger partial charge >= 0.3 is 11.9 Å². The number of aliphatic carboxylic acids is 2. The van der Waals surface area contributed by atoms with Crippen molar-refractivity contribution in [1.82, 2.24) is 0 Å². The zero-order valence-corrected chi connectivity index (χ0v) is 39.7. The fraction of sp³-hybridized carbons (Fsp3) is 0.0526. The maximum atomic E-state index is 14.6. The quantitative estimate of drug-likeness (QED) is 0.0666. The number of halogens is 6. The highest BCUT2D eigenvalue weighted by atomic mass is 79.9. The first-order valence-electron chi connectivity index (χ1n) is 15.9. The van der Waals surface area contributed by atoms with Crippen molar-refractivity contribution >= 4 is 176 Å². The summed E-state index contributed by atoms with van der Waals surface area (Å²) in [6.45, 7) is -1.34. The second-order valence-corrected chi connectivity index (χ2v) is 21.3. The zero-order valence-electron chi connectivity index (χ0n) is 28.6. The molecule has 0 saturated carbocycles. The normalized spacial score (nSPS) is 15.4. The zero-order chi connectivity index (χ0) is 41.7. The van der Waals surface area contributed by atoms with Gasteiger partial charge in [-0.3, -0.25) is 9.59 Å². The van der Waals surface area contributed by atoms with E-state index in [1.807, 2.05) is 60.7 Å². The van der Waals surface area contributed by atoms with E-state index in [9.17, 15) is 19.2 Å². The van der Waals surface area contributed by atoms with E-state index < -0.39 is 36.7 Å². The number of benzene rings is 4. The van der Waals surface area contributed by atoms with Crippen molar-refractivity contribution in [2.45, 2.75) is 0 Å². The summed E-state index contributed by atoms with van der Waals surface area (Å²) in [5, 5.41) is 17.6. The van der Waals surface area contributed by atoms with Crippen LogP contribution in [0.1, 0.15) is 31.8 Å². The van der Waals surface area contributed by atoms with Crippen LogP contribution in [0, 0.1) is 0 Å². The van der Waals surface area contributed by atoms with Crippen LogP contribution in [0.5, 0.6) is 11.5 Å². The Morgan fingerprint density at radius 1 is 0.534 bits per heavy atom. The van der Waals surface area contributed by atoms with Crippen molar-refractivity contribution in [3.8, 4) is 11.5 Å². The maximum absolute atomic E-state index is 14.6. The fourth-order valence-electron chi connectivity index (χ4n) is 4.84. The molecule has 2 heterocycles. The summed E-state index contributed by atoms with van der Waals surface area (Å²) in [4.78, 5) is 54.9. The van der Waals surface area contributed by atoms with E-state index in [1.54, 1.807) is 0 Å². The topological polar surface area (TPSA) is 127 Å². The second kappa shape index (κ2) is 20.7. The van der Waals surface area contributed by atoms with Crippen LogP contribution >= 0.6 is 143 Å². The summed E-state index contributed by atoms with van der Waals surface area (Å²) in [5.74, 6) is -3.49. The smallest absolute Gasteiger partial charge is 0.341 e. The molecule has 4 aromatic rings. The van der Waals surface area contributed by atoms with Crippen LogP contribution in [0.2, 0.25) is 20.1 Å². The number of carboxylic acid groups (broad SMARTS) is 2. The van der Waals surface area contributed by atoms with Gasteiger partial charge in [0.2, 0.25) is 11.6 Å². The fourth-order valence-corrected chi connectivity index (χ4v) is 14.4. The summed E-state index contributed by atoms with van der Waals surface area (Å²) in [6, 6.07) is 21.0. The Balaban J connectivity index is 1.44. The Bertz CT molecular complexity index is 2310. The number of carboxylic acids is 2. The van der Waals surface area contributed by atoms with Crippen LogP contribution < -0.4 is 9.47 Å². The molecule has 0 atom stereocenters. The molecule has 0 aliphatic carbocycles. The summed E-state index contributed by atoms with van der Waals surface area (Å²) in [6.07, 6.45) is 3.76. The van der Waals surface area contributed by atoms with Gasteiger partial charge in [-0.05, 0) is 93.4 Å². The van der Waals surface area contributed by atoms with E-state index in [4.69, 9.17) is 66.1 Å². The van der Waals surface area contributed by atoms with Crippen molar-refractivity contribution < 1.29 is 38.9 Å². The molecule has 0 aromatic heterocycles. The van der Waals surface area contributed by atoms with E-state index >= 15 is 0 Å². The molecule has 2 aliphatic heterocycles. The first kappa shape index (κ1) is 45.5. The number of allylic oxidation sites excluding steroid dienone is 4. The SMILES string of the molecule is O=C(O)COc1ccc(C(=O)/C(SS/C(C(=O)c2ccc(OCC(=O)O)c(Cl)c2Cl)=C2\C=C(c3ccc(Br)cc3)SS2)=C2\C=C(c3ccc(Br)cc3)SS2)c(Cl)c1Cl. The monoisotopic (exact) mass is 1090 g/mol. The molecule has 58 heavy (non-hydrogen) atoms. The van der Waals surface area contributed by atoms with E-state index in [-0.39, 0.29) is 52.5 Å². The van der Waals surface area contributed by atoms with E-state index in [1.165, 1.54) is 67.4 Å². The van der Waals surface area contributed by atoms with Gasteiger partial charge in [0.25, 0.3) is 0 Å². The minimum Gasteiger partial charge on any atom is -0.480 e. The minimum atomic E-state index is -1.22. The molecule has 2 aliphatic rings. The van der Waals surface area contributed by atoms with Gasteiger partial charge in [0.05, 0.1) is 19.9 Å². The molecule has 0 saturated heterocycles. The van der Waals surface area contributed by atoms with Crippen LogP contribution in [0.25, 0.3) is 9.81 Å². The number of ether oxygens (including phenoxy) is 2. The lowest BCUT2D eigenvalue weighted by atomic mass is 10.1. The highest BCUT2D eigenvalue weighted by Gasteiger charge is 2.31. The summed E-state index contributed by atoms with van der Waals surface area (Å²) in [7, 11) is 7.71. The van der Waals surface area contributed by atoms with Gasteiger partial charge < -0.3 is 19.7 Å². The van der Waals surface area contributed by atoms with E-state index in [2.05, 4.69) is 31.9 Å². The highest BCUT2D eigenvalue weighted by Crippen LogP contribution is 2.57. The van der Waals surface area contributed by atoms with Gasteiger partial charge in [-0.1, -0.05) is 146 Å². The lowest BCUT2D eigenvalue weighted by Gasteiger charge is -2.15. The molecule has 0 unspecified atom stereocenters. The molecule has 0 amide bonds. The number of carbonyl (C=O) groups excluding carboxylic acids is 2. The summed E-state index contributed by atoms with van der Waals surface area (Å²) in [5.41, 5.74) is 1.89. The maximum Gasteiger partial charge on any atom is 0.341 e. The van der Waals surface area contributed by atoms with Crippen LogP contribution in [-0.2, 0) is 9.59 Å². The number of Topliss-reactive ketones (excluding diaryl/α,β-unsaturated/α-hetero) is 2. The van der Waals surface area contributed by atoms with Gasteiger partial charge in [0.1, 0.15) is 21.5 Å². The Morgan fingerprint density at radius 2 is 0.897 bits per heavy atom. The number of hydrogen-bond donors (Lipinski definition) is 2. The molecule has 0 spiro atoms. The van der Waals surface area contributed by atoms with Crippen molar-refractivity contribution in [3.05, 3.63) is 156 Å². The average Bonchev–Trinajstić information content (AvgIpc) is 3.89. The van der Waals surface area contributed by atoms with Crippen LogP contribution in [-0.4, -0.2) is 46.9 Å². The summed E-state index contributed by atoms with van der Waals surface area (Å²) >= 11 is 33.2. The van der Waals surface area contributed by atoms with Crippen molar-refractivity contribution in [1.29, 1.82) is 0 Å². The third-order valence-electron chi connectivity index (χ3n) is 7.58. The van der Waals surface area contributed by atoms with Crippen LogP contribution in [0.4, 0.5) is 0 Å². The van der Waals surface area contributed by atoms with Crippen LogP contribution in [0.3, 0.4) is 0 Å². The standard InChI is InChI=1S/C38H20Br2Cl4O8S6/c39-19-5-1-17(2-6-19)25-13-27(55-53-25)37(35(49)21-9-11-23(33(43)31(21)41)51-15-29(45)46)57-58-38(28-14-26(54-56-28)18-3-7-20(40)8-4-18)36(50)22-10-12-24(34(44)32(22)42)52-16-30(47)48/h1-14H,15-16H2,(H,45,46)(H,47,48)/b37-27-,38-28+. The number of ketones is 2. The molecule has 298 valence electrons. The number of rotatable bonds is 15. The molecular formula is C38H20Br2Cl4O8S6. The third-order valence-corrected chi connectivity index (χ3v) is 18.0. The van der Waals surface area contributed by atoms with Crippen LogP contribution in [0.15, 0.2) is 114 Å². The second-order valence-electron chi connectivity index (χ2n) is 11.4. The van der Waals surface area contributed by atoms with Crippen molar-refractivity contribution in [2.75, 3.05) is 13.2 Å². The Hall–Kier alpha value is -2.06. The molecule has 20 heteroatoms. The first-order chi connectivity index (χ1) is 27.7. The molecule has 0 radical (unpaired) electrons. The molecule has 0 bridgehead atoms. The van der Waals surface area contributed by atoms with Gasteiger partial charge in [0, 0.05) is 39.7 Å². The van der Waals surface area contributed by atoms with Gasteiger partial charge in [0.15, 0.2) is 13.2 Å². The molecular weight excluding hydrogens is 1080 g/mol. The Labute approximate surface area is 391 Å². The molecule has 8 nitrogen and oxygen atoms in total. The lowest BCUT2D eigenvalue weighted by molar-refractivity contribution is -0.140. The predicted octanol–water partition coefficient (Wildman–Crippen LogP) is 14.5. The highest BCUT2D eigenvalue weighted by molar-refractivity contribution is 9.10. The van der Waals surface area contributed by atoms with Gasteiger partial charge in [-0.15, -0.1) is 0 Å². The largest absolute Gasteiger partial charge is 0.480 e. The first-order valence-corrected chi connectivity index (χ1v) is 25.5.